The quantitative estimate of drug-likeness (QED) is 0.850. The van der Waals surface area contributed by atoms with Crippen molar-refractivity contribution in [2.24, 2.45) is 0 Å². The molecule has 1 heterocycles. The van der Waals surface area contributed by atoms with Crippen LogP contribution in [0.1, 0.15) is 29.2 Å². The van der Waals surface area contributed by atoms with Crippen LogP contribution in [0, 0.1) is 13.8 Å². The summed E-state index contributed by atoms with van der Waals surface area (Å²) in [6.45, 7) is 5.77. The van der Waals surface area contributed by atoms with Gasteiger partial charge in [0.05, 0.1) is 0 Å². The van der Waals surface area contributed by atoms with Crippen LogP contribution in [0.15, 0.2) is 36.7 Å². The van der Waals surface area contributed by atoms with Gasteiger partial charge in [-0.1, -0.05) is 29.3 Å². The number of nitrogens with zero attached hydrogens (tertiary/aromatic N) is 1. The molecule has 0 bridgehead atoms. The van der Waals surface area contributed by atoms with Crippen LogP contribution in [0.5, 0.6) is 0 Å². The Morgan fingerprint density at radius 1 is 1.17 bits per heavy atom. The van der Waals surface area contributed by atoms with Gasteiger partial charge in [0.1, 0.15) is 5.60 Å². The van der Waals surface area contributed by atoms with E-state index in [9.17, 15) is 5.11 Å². The summed E-state index contributed by atoms with van der Waals surface area (Å²) in [5.41, 5.74) is 9.04. The van der Waals surface area contributed by atoms with E-state index in [1.807, 2.05) is 26.0 Å². The molecule has 0 aliphatic carbocycles. The number of benzene rings is 1. The predicted octanol–water partition coefficient (Wildman–Crippen LogP) is 2.54. The highest BCUT2D eigenvalue weighted by atomic mass is 16.3. The van der Waals surface area contributed by atoms with Crippen molar-refractivity contribution in [2.45, 2.75) is 26.4 Å². The molecule has 0 saturated heterocycles. The van der Waals surface area contributed by atoms with Gasteiger partial charge >= 0.3 is 0 Å². The van der Waals surface area contributed by atoms with E-state index >= 15 is 0 Å². The molecule has 0 amide bonds. The third-order valence-corrected chi connectivity index (χ3v) is 3.16. The van der Waals surface area contributed by atoms with Crippen molar-refractivity contribution in [3.8, 4) is 0 Å². The summed E-state index contributed by atoms with van der Waals surface area (Å²) in [6.07, 6.45) is 3.24. The Labute approximate surface area is 107 Å². The number of hydrogen-bond donors (Lipinski definition) is 2. The molecule has 3 heteroatoms. The van der Waals surface area contributed by atoms with Crippen molar-refractivity contribution >= 4 is 5.69 Å². The van der Waals surface area contributed by atoms with E-state index in [4.69, 9.17) is 5.73 Å². The average molecular weight is 242 g/mol. The number of aliphatic hydroxyl groups is 1. The molecule has 0 radical (unpaired) electrons. The molecule has 1 unspecified atom stereocenters. The van der Waals surface area contributed by atoms with E-state index in [2.05, 4.69) is 11.1 Å². The van der Waals surface area contributed by atoms with E-state index in [-0.39, 0.29) is 0 Å². The Kier molecular flexibility index (Phi) is 3.09. The van der Waals surface area contributed by atoms with Crippen LogP contribution in [0.4, 0.5) is 5.69 Å². The molecule has 0 aliphatic rings. The van der Waals surface area contributed by atoms with Crippen LogP contribution in [-0.2, 0) is 5.60 Å². The number of nitrogens with two attached hydrogens (primary N) is 1. The number of hydrogen-bond acceptors (Lipinski definition) is 3. The molecular weight excluding hydrogens is 224 g/mol. The van der Waals surface area contributed by atoms with Crippen molar-refractivity contribution in [1.29, 1.82) is 0 Å². The molecule has 0 aliphatic heterocycles. The van der Waals surface area contributed by atoms with Crippen LogP contribution in [0.3, 0.4) is 0 Å². The predicted molar refractivity (Wildman–Crippen MR) is 73.2 cm³/mol. The fourth-order valence-corrected chi connectivity index (χ4v) is 2.22. The fourth-order valence-electron chi connectivity index (χ4n) is 2.22. The molecule has 0 fully saturated rings. The number of nitrogen functional groups attached to an aromatic ring is 1. The largest absolute Gasteiger partial charge is 0.398 e. The molecule has 1 aromatic heterocycles. The first-order chi connectivity index (χ1) is 8.41. The molecule has 3 N–H and O–H groups in total. The molecule has 3 nitrogen and oxygen atoms in total. The Bertz CT molecular complexity index is 556. The second-order valence-corrected chi connectivity index (χ2v) is 4.91. The molecule has 2 rings (SSSR count). The van der Waals surface area contributed by atoms with E-state index in [1.54, 1.807) is 25.4 Å². The molecule has 18 heavy (non-hydrogen) atoms. The highest BCUT2D eigenvalue weighted by molar-refractivity contribution is 5.52. The molecule has 0 spiro atoms. The minimum Gasteiger partial charge on any atom is -0.398 e. The van der Waals surface area contributed by atoms with Crippen LogP contribution in [0.25, 0.3) is 0 Å². The highest BCUT2D eigenvalue weighted by Gasteiger charge is 2.28. The van der Waals surface area contributed by atoms with Crippen molar-refractivity contribution in [3.05, 3.63) is 58.9 Å². The zero-order chi connectivity index (χ0) is 13.3. The third kappa shape index (κ3) is 2.22. The Morgan fingerprint density at radius 2 is 1.78 bits per heavy atom. The summed E-state index contributed by atoms with van der Waals surface area (Å²) in [5, 5.41) is 10.8. The van der Waals surface area contributed by atoms with Crippen molar-refractivity contribution < 1.29 is 5.11 Å². The second kappa shape index (κ2) is 4.42. The minimum atomic E-state index is -1.13. The lowest BCUT2D eigenvalue weighted by Gasteiger charge is -2.26. The first kappa shape index (κ1) is 12.6. The van der Waals surface area contributed by atoms with Gasteiger partial charge in [-0.05, 0) is 32.4 Å². The van der Waals surface area contributed by atoms with Crippen molar-refractivity contribution in [1.82, 2.24) is 4.98 Å². The summed E-state index contributed by atoms with van der Waals surface area (Å²) in [5.74, 6) is 0. The number of pyridine rings is 1. The fraction of sp³-hybridized carbons (Fsp3) is 0.267. The Balaban J connectivity index is 2.57. The Hall–Kier alpha value is -1.87. The van der Waals surface area contributed by atoms with E-state index in [0.29, 0.717) is 11.3 Å². The topological polar surface area (TPSA) is 59.1 Å². The number of anilines is 1. The van der Waals surface area contributed by atoms with Crippen LogP contribution in [-0.4, -0.2) is 10.1 Å². The molecule has 2 aromatic rings. The highest BCUT2D eigenvalue weighted by Crippen LogP contribution is 2.33. The van der Waals surface area contributed by atoms with E-state index in [0.717, 1.165) is 16.7 Å². The lowest BCUT2D eigenvalue weighted by atomic mass is 9.86. The normalized spacial score (nSPS) is 14.2. The zero-order valence-corrected chi connectivity index (χ0v) is 10.9. The molecule has 94 valence electrons. The van der Waals surface area contributed by atoms with Gasteiger partial charge in [-0.3, -0.25) is 4.98 Å². The van der Waals surface area contributed by atoms with E-state index < -0.39 is 5.60 Å². The number of aromatic nitrogens is 1. The number of aryl methyl sites for hydroxylation is 2. The second-order valence-electron chi connectivity index (χ2n) is 4.91. The number of rotatable bonds is 2. The maximum absolute atomic E-state index is 10.8. The summed E-state index contributed by atoms with van der Waals surface area (Å²) < 4.78 is 0. The Morgan fingerprint density at radius 3 is 2.33 bits per heavy atom. The van der Waals surface area contributed by atoms with Gasteiger partial charge in [0.2, 0.25) is 0 Å². The standard InChI is InChI=1S/C15H18N2O/c1-10-6-11(2)8-12(7-10)15(3,18)13-9-17-5-4-14(13)16/h4-9,18H,1-3H3,(H2,16,17). The lowest BCUT2D eigenvalue weighted by Crippen LogP contribution is -2.24. The lowest BCUT2D eigenvalue weighted by molar-refractivity contribution is 0.102. The summed E-state index contributed by atoms with van der Waals surface area (Å²) in [4.78, 5) is 4.04. The minimum absolute atomic E-state index is 0.550. The van der Waals surface area contributed by atoms with Crippen molar-refractivity contribution in [2.75, 3.05) is 5.73 Å². The van der Waals surface area contributed by atoms with Gasteiger partial charge in [-0.2, -0.15) is 0 Å². The molecule has 1 atom stereocenters. The molecule has 0 saturated carbocycles. The van der Waals surface area contributed by atoms with Crippen molar-refractivity contribution in [3.63, 3.8) is 0 Å². The summed E-state index contributed by atoms with van der Waals surface area (Å²) >= 11 is 0. The van der Waals surface area contributed by atoms with Crippen LogP contribution >= 0.6 is 0 Å². The third-order valence-electron chi connectivity index (χ3n) is 3.16. The van der Waals surface area contributed by atoms with Gasteiger partial charge in [-0.15, -0.1) is 0 Å². The zero-order valence-electron chi connectivity index (χ0n) is 10.9. The van der Waals surface area contributed by atoms with Gasteiger partial charge in [0, 0.05) is 23.6 Å². The summed E-state index contributed by atoms with van der Waals surface area (Å²) in [6, 6.07) is 7.72. The first-order valence-corrected chi connectivity index (χ1v) is 5.92. The van der Waals surface area contributed by atoms with Gasteiger partial charge in [-0.25, -0.2) is 0 Å². The maximum atomic E-state index is 10.8. The SMILES string of the molecule is Cc1cc(C)cc(C(C)(O)c2cnccc2N)c1. The monoisotopic (exact) mass is 242 g/mol. The molecule has 1 aromatic carbocycles. The van der Waals surface area contributed by atoms with Crippen LogP contribution < -0.4 is 5.73 Å². The van der Waals surface area contributed by atoms with Gasteiger partial charge in [0.15, 0.2) is 0 Å². The first-order valence-electron chi connectivity index (χ1n) is 5.92. The maximum Gasteiger partial charge on any atom is 0.115 e. The van der Waals surface area contributed by atoms with E-state index in [1.165, 1.54) is 0 Å². The smallest absolute Gasteiger partial charge is 0.115 e. The van der Waals surface area contributed by atoms with Gasteiger partial charge in [0.25, 0.3) is 0 Å². The van der Waals surface area contributed by atoms with Gasteiger partial charge < -0.3 is 10.8 Å². The summed E-state index contributed by atoms with van der Waals surface area (Å²) in [7, 11) is 0. The molecular formula is C15H18N2O. The van der Waals surface area contributed by atoms with Crippen LogP contribution in [0.2, 0.25) is 0 Å². The average Bonchev–Trinajstić information content (AvgIpc) is 2.28.